The zero-order valence-corrected chi connectivity index (χ0v) is 9.97. The Kier molecular flexibility index (Phi) is 2.95. The molecule has 0 bridgehead atoms. The van der Waals surface area contributed by atoms with Crippen molar-refractivity contribution in [1.29, 1.82) is 0 Å². The molecule has 0 fully saturated rings. The molecule has 0 saturated heterocycles. The Balaban J connectivity index is 2.20. The Morgan fingerprint density at radius 2 is 2.24 bits per heavy atom. The molecule has 2 N–H and O–H groups in total. The minimum atomic E-state index is 0.00111. The molecule has 1 aromatic carbocycles. The van der Waals surface area contributed by atoms with Crippen molar-refractivity contribution in [3.05, 3.63) is 47.2 Å². The molecular formula is C13H15N3O. The van der Waals surface area contributed by atoms with Crippen LogP contribution in [0.25, 0.3) is 0 Å². The van der Waals surface area contributed by atoms with E-state index in [1.807, 2.05) is 31.2 Å². The summed E-state index contributed by atoms with van der Waals surface area (Å²) in [6.07, 6.45) is 1.88. The first kappa shape index (κ1) is 11.4. The van der Waals surface area contributed by atoms with Gasteiger partial charge in [0.05, 0.1) is 11.8 Å². The third-order valence-electron chi connectivity index (χ3n) is 2.73. The van der Waals surface area contributed by atoms with E-state index in [0.29, 0.717) is 17.8 Å². The van der Waals surface area contributed by atoms with E-state index in [9.17, 15) is 4.79 Å². The Morgan fingerprint density at radius 3 is 2.82 bits per heavy atom. The number of ketones is 1. The van der Waals surface area contributed by atoms with Gasteiger partial charge in [0.1, 0.15) is 5.82 Å². The molecule has 0 unspecified atom stereocenters. The normalized spacial score (nSPS) is 10.5. The van der Waals surface area contributed by atoms with E-state index in [2.05, 4.69) is 5.10 Å². The number of aryl methyl sites for hydroxylation is 2. The molecule has 4 heteroatoms. The number of benzene rings is 1. The molecule has 0 aliphatic carbocycles. The highest BCUT2D eigenvalue weighted by atomic mass is 16.1. The molecule has 4 nitrogen and oxygen atoms in total. The molecule has 0 atom stereocenters. The van der Waals surface area contributed by atoms with Gasteiger partial charge < -0.3 is 5.73 Å². The lowest BCUT2D eigenvalue weighted by molar-refractivity contribution is 0.0994. The number of hydrogen-bond acceptors (Lipinski definition) is 3. The van der Waals surface area contributed by atoms with Crippen LogP contribution in [0.5, 0.6) is 0 Å². The van der Waals surface area contributed by atoms with Gasteiger partial charge in [-0.05, 0) is 12.5 Å². The maximum atomic E-state index is 12.0. The summed E-state index contributed by atoms with van der Waals surface area (Å²) in [7, 11) is 1.72. The van der Waals surface area contributed by atoms with Gasteiger partial charge in [0.25, 0.3) is 0 Å². The summed E-state index contributed by atoms with van der Waals surface area (Å²) in [6, 6.07) is 7.90. The SMILES string of the molecule is Cc1cccc(CC(=O)c2cnn(C)c2N)c1. The summed E-state index contributed by atoms with van der Waals surface area (Å²) in [5, 5.41) is 3.97. The third-order valence-corrected chi connectivity index (χ3v) is 2.73. The van der Waals surface area contributed by atoms with Crippen molar-refractivity contribution >= 4 is 11.6 Å². The van der Waals surface area contributed by atoms with Gasteiger partial charge in [-0.3, -0.25) is 9.48 Å². The van der Waals surface area contributed by atoms with Crippen molar-refractivity contribution in [3.8, 4) is 0 Å². The van der Waals surface area contributed by atoms with Crippen LogP contribution in [-0.2, 0) is 13.5 Å². The van der Waals surface area contributed by atoms with Crippen molar-refractivity contribution in [2.45, 2.75) is 13.3 Å². The second kappa shape index (κ2) is 4.41. The van der Waals surface area contributed by atoms with Gasteiger partial charge in [0.15, 0.2) is 5.78 Å². The fourth-order valence-corrected chi connectivity index (χ4v) is 1.76. The van der Waals surface area contributed by atoms with Crippen molar-refractivity contribution in [2.24, 2.45) is 7.05 Å². The highest BCUT2D eigenvalue weighted by Crippen LogP contribution is 2.14. The lowest BCUT2D eigenvalue weighted by Crippen LogP contribution is -2.07. The number of anilines is 1. The van der Waals surface area contributed by atoms with E-state index >= 15 is 0 Å². The summed E-state index contributed by atoms with van der Waals surface area (Å²) in [5.74, 6) is 0.420. The summed E-state index contributed by atoms with van der Waals surface area (Å²) in [4.78, 5) is 12.0. The van der Waals surface area contributed by atoms with Gasteiger partial charge in [0.2, 0.25) is 0 Å². The zero-order chi connectivity index (χ0) is 12.4. The number of nitrogens with two attached hydrogens (primary N) is 1. The maximum Gasteiger partial charge on any atom is 0.172 e. The Hall–Kier alpha value is -2.10. The van der Waals surface area contributed by atoms with Crippen LogP contribution in [0.4, 0.5) is 5.82 Å². The second-order valence-corrected chi connectivity index (χ2v) is 4.16. The van der Waals surface area contributed by atoms with E-state index in [1.54, 1.807) is 7.05 Å². The van der Waals surface area contributed by atoms with E-state index in [1.165, 1.54) is 10.9 Å². The van der Waals surface area contributed by atoms with Crippen LogP contribution in [0.2, 0.25) is 0 Å². The van der Waals surface area contributed by atoms with Crippen LogP contribution in [0, 0.1) is 6.92 Å². The molecule has 1 aromatic heterocycles. The van der Waals surface area contributed by atoms with E-state index < -0.39 is 0 Å². The molecule has 88 valence electrons. The largest absolute Gasteiger partial charge is 0.383 e. The Bertz CT molecular complexity index is 558. The number of nitrogens with zero attached hydrogens (tertiary/aromatic N) is 2. The van der Waals surface area contributed by atoms with Gasteiger partial charge in [0, 0.05) is 13.5 Å². The van der Waals surface area contributed by atoms with E-state index in [0.717, 1.165) is 11.1 Å². The molecule has 0 radical (unpaired) electrons. The monoisotopic (exact) mass is 229 g/mol. The van der Waals surface area contributed by atoms with Crippen LogP contribution in [-0.4, -0.2) is 15.6 Å². The third kappa shape index (κ3) is 2.36. The predicted octanol–water partition coefficient (Wildman–Crippen LogP) is 1.74. The number of rotatable bonds is 3. The number of Topliss-reactive ketones (excluding diaryl/α,β-unsaturated/α-hetero) is 1. The van der Waals surface area contributed by atoms with Crippen LogP contribution >= 0.6 is 0 Å². The van der Waals surface area contributed by atoms with Crippen LogP contribution in [0.3, 0.4) is 0 Å². The molecule has 0 aliphatic rings. The first-order valence-corrected chi connectivity index (χ1v) is 5.44. The van der Waals surface area contributed by atoms with Crippen LogP contribution in [0.1, 0.15) is 21.5 Å². The highest BCUT2D eigenvalue weighted by Gasteiger charge is 2.13. The molecule has 0 amide bonds. The van der Waals surface area contributed by atoms with Gasteiger partial charge in [-0.15, -0.1) is 0 Å². The molecule has 2 aromatic rings. The lowest BCUT2D eigenvalue weighted by Gasteiger charge is -2.02. The first-order valence-electron chi connectivity index (χ1n) is 5.44. The van der Waals surface area contributed by atoms with Crippen LogP contribution < -0.4 is 5.73 Å². The molecule has 0 aliphatic heterocycles. The fraction of sp³-hybridized carbons (Fsp3) is 0.231. The maximum absolute atomic E-state index is 12.0. The minimum absolute atomic E-state index is 0.00111. The molecule has 0 spiro atoms. The van der Waals surface area contributed by atoms with Gasteiger partial charge >= 0.3 is 0 Å². The lowest BCUT2D eigenvalue weighted by atomic mass is 10.0. The summed E-state index contributed by atoms with van der Waals surface area (Å²) < 4.78 is 1.50. The van der Waals surface area contributed by atoms with Crippen molar-refractivity contribution in [2.75, 3.05) is 5.73 Å². The zero-order valence-electron chi connectivity index (χ0n) is 9.97. The quantitative estimate of drug-likeness (QED) is 0.815. The number of hydrogen-bond donors (Lipinski definition) is 1. The van der Waals surface area contributed by atoms with E-state index in [4.69, 9.17) is 5.73 Å². The minimum Gasteiger partial charge on any atom is -0.383 e. The van der Waals surface area contributed by atoms with Crippen molar-refractivity contribution in [1.82, 2.24) is 9.78 Å². The van der Waals surface area contributed by atoms with E-state index in [-0.39, 0.29) is 5.78 Å². The summed E-state index contributed by atoms with van der Waals surface area (Å²) >= 11 is 0. The first-order chi connectivity index (χ1) is 8.08. The average molecular weight is 229 g/mol. The summed E-state index contributed by atoms with van der Waals surface area (Å²) in [6.45, 7) is 2.01. The second-order valence-electron chi connectivity index (χ2n) is 4.16. The smallest absolute Gasteiger partial charge is 0.172 e. The van der Waals surface area contributed by atoms with Crippen molar-refractivity contribution in [3.63, 3.8) is 0 Å². The highest BCUT2D eigenvalue weighted by molar-refractivity contribution is 6.01. The Morgan fingerprint density at radius 1 is 1.47 bits per heavy atom. The summed E-state index contributed by atoms with van der Waals surface area (Å²) in [5.41, 5.74) is 8.41. The number of carbonyl (C=O) groups excluding carboxylic acids is 1. The topological polar surface area (TPSA) is 60.9 Å². The molecular weight excluding hydrogens is 214 g/mol. The standard InChI is InChI=1S/C13H15N3O/c1-9-4-3-5-10(6-9)7-12(17)11-8-15-16(2)13(11)14/h3-6,8H,7,14H2,1-2H3. The molecule has 17 heavy (non-hydrogen) atoms. The van der Waals surface area contributed by atoms with Gasteiger partial charge in [-0.1, -0.05) is 29.8 Å². The number of nitrogen functional groups attached to an aromatic ring is 1. The van der Waals surface area contributed by atoms with Crippen molar-refractivity contribution < 1.29 is 4.79 Å². The molecule has 2 rings (SSSR count). The fourth-order valence-electron chi connectivity index (χ4n) is 1.76. The molecule has 1 heterocycles. The molecule has 0 saturated carbocycles. The number of aromatic nitrogens is 2. The number of carbonyl (C=O) groups is 1. The Labute approximate surface area is 100 Å². The van der Waals surface area contributed by atoms with Crippen LogP contribution in [0.15, 0.2) is 30.5 Å². The predicted molar refractivity (Wildman–Crippen MR) is 66.8 cm³/mol. The average Bonchev–Trinajstić information content (AvgIpc) is 2.60. The van der Waals surface area contributed by atoms with Gasteiger partial charge in [-0.2, -0.15) is 5.10 Å². The van der Waals surface area contributed by atoms with Gasteiger partial charge in [-0.25, -0.2) is 0 Å².